The van der Waals surface area contributed by atoms with E-state index >= 15 is 0 Å². The zero-order valence-electron chi connectivity index (χ0n) is 12.6. The lowest BCUT2D eigenvalue weighted by Crippen LogP contribution is -2.35. The Balaban J connectivity index is 2.05. The van der Waals surface area contributed by atoms with Crippen molar-refractivity contribution in [3.8, 4) is 0 Å². The summed E-state index contributed by atoms with van der Waals surface area (Å²) in [4.78, 5) is 14.6. The van der Waals surface area contributed by atoms with Gasteiger partial charge >= 0.3 is 0 Å². The van der Waals surface area contributed by atoms with Crippen LogP contribution in [-0.2, 0) is 16.8 Å². The molecular weight excluding hydrogens is 298 g/mol. The molecule has 0 saturated heterocycles. The largest absolute Gasteiger partial charge is 0.397 e. The highest BCUT2D eigenvalue weighted by Crippen LogP contribution is 2.44. The molecule has 114 valence electrons. The van der Waals surface area contributed by atoms with E-state index in [1.165, 1.54) is 0 Å². The number of carbonyl (C=O) groups is 1. The van der Waals surface area contributed by atoms with E-state index in [0.717, 1.165) is 16.8 Å². The maximum atomic E-state index is 12.8. The van der Waals surface area contributed by atoms with Crippen LogP contribution in [0.1, 0.15) is 25.0 Å². The third-order valence-corrected chi connectivity index (χ3v) is 4.45. The number of hydrogen-bond acceptors (Lipinski definition) is 3. The molecule has 1 aliphatic heterocycles. The third-order valence-electron chi connectivity index (χ3n) is 4.20. The Morgan fingerprint density at radius 3 is 2.32 bits per heavy atom. The highest BCUT2D eigenvalue weighted by molar-refractivity contribution is 6.30. The number of fused-ring (bicyclic) bond motifs is 1. The Morgan fingerprint density at radius 2 is 1.68 bits per heavy atom. The van der Waals surface area contributed by atoms with Gasteiger partial charge in [0.05, 0.1) is 29.0 Å². The predicted molar refractivity (Wildman–Crippen MR) is 90.9 cm³/mol. The van der Waals surface area contributed by atoms with E-state index in [-0.39, 0.29) is 5.91 Å². The molecule has 4 nitrogen and oxygen atoms in total. The number of halogens is 1. The predicted octanol–water partition coefficient (Wildman–Crippen LogP) is 3.33. The Bertz CT molecular complexity index is 753. The second-order valence-electron chi connectivity index (χ2n) is 6.14. The van der Waals surface area contributed by atoms with Crippen molar-refractivity contribution in [1.29, 1.82) is 0 Å². The molecule has 0 radical (unpaired) electrons. The molecule has 3 rings (SSSR count). The number of hydrogen-bond donors (Lipinski definition) is 2. The highest BCUT2D eigenvalue weighted by Gasteiger charge is 2.44. The number of nitrogens with two attached hydrogens (primary N) is 2. The van der Waals surface area contributed by atoms with Gasteiger partial charge in [-0.15, -0.1) is 0 Å². The lowest BCUT2D eigenvalue weighted by Gasteiger charge is -2.20. The van der Waals surface area contributed by atoms with Gasteiger partial charge in [0.15, 0.2) is 0 Å². The lowest BCUT2D eigenvalue weighted by atomic mass is 9.86. The molecule has 2 aromatic rings. The van der Waals surface area contributed by atoms with Gasteiger partial charge in [0, 0.05) is 5.02 Å². The molecule has 0 aliphatic carbocycles. The van der Waals surface area contributed by atoms with Crippen molar-refractivity contribution in [2.24, 2.45) is 0 Å². The Kier molecular flexibility index (Phi) is 3.29. The van der Waals surface area contributed by atoms with Crippen molar-refractivity contribution in [1.82, 2.24) is 0 Å². The molecule has 0 atom stereocenters. The quantitative estimate of drug-likeness (QED) is 0.835. The average Bonchev–Trinajstić information content (AvgIpc) is 2.64. The van der Waals surface area contributed by atoms with Crippen molar-refractivity contribution >= 4 is 34.6 Å². The van der Waals surface area contributed by atoms with Gasteiger partial charge in [0.2, 0.25) is 5.91 Å². The molecule has 0 aromatic heterocycles. The normalized spacial score (nSPS) is 16.0. The molecule has 1 aliphatic rings. The smallest absolute Gasteiger partial charge is 0.237 e. The van der Waals surface area contributed by atoms with Crippen LogP contribution in [-0.4, -0.2) is 5.91 Å². The van der Waals surface area contributed by atoms with Crippen molar-refractivity contribution in [3.05, 3.63) is 52.5 Å². The SMILES string of the molecule is CC1(C)C(=O)N(Cc2ccc(Cl)cc2)c2cc(N)c(N)cc21. The maximum absolute atomic E-state index is 12.8. The number of anilines is 3. The van der Waals surface area contributed by atoms with Crippen molar-refractivity contribution in [3.63, 3.8) is 0 Å². The van der Waals surface area contributed by atoms with E-state index in [1.807, 2.05) is 44.2 Å². The van der Waals surface area contributed by atoms with Gasteiger partial charge in [-0.3, -0.25) is 4.79 Å². The molecule has 0 fully saturated rings. The molecule has 5 heteroatoms. The minimum absolute atomic E-state index is 0.0439. The standard InChI is InChI=1S/C17H18ClN3O/c1-17(2)12-7-13(19)14(20)8-15(12)21(16(17)22)9-10-3-5-11(18)6-4-10/h3-8H,9,19-20H2,1-2H3. The average molecular weight is 316 g/mol. The topological polar surface area (TPSA) is 72.3 Å². The summed E-state index contributed by atoms with van der Waals surface area (Å²) in [6.07, 6.45) is 0. The van der Waals surface area contributed by atoms with Crippen LogP contribution >= 0.6 is 11.6 Å². The Labute approximate surface area is 134 Å². The second kappa shape index (κ2) is 4.92. The zero-order chi connectivity index (χ0) is 16.1. The summed E-state index contributed by atoms with van der Waals surface area (Å²) in [5.41, 5.74) is 15.0. The molecule has 0 bridgehead atoms. The van der Waals surface area contributed by atoms with E-state index in [9.17, 15) is 4.79 Å². The van der Waals surface area contributed by atoms with Crippen molar-refractivity contribution < 1.29 is 4.79 Å². The van der Waals surface area contributed by atoms with Gasteiger partial charge in [-0.2, -0.15) is 0 Å². The van der Waals surface area contributed by atoms with E-state index < -0.39 is 5.41 Å². The van der Waals surface area contributed by atoms with Crippen LogP contribution in [0.3, 0.4) is 0 Å². The Hall–Kier alpha value is -2.20. The van der Waals surface area contributed by atoms with Crippen LogP contribution in [0.15, 0.2) is 36.4 Å². The first-order valence-corrected chi connectivity index (χ1v) is 7.44. The fourth-order valence-electron chi connectivity index (χ4n) is 2.84. The van der Waals surface area contributed by atoms with Gasteiger partial charge in [-0.05, 0) is 49.2 Å². The van der Waals surface area contributed by atoms with Crippen LogP contribution < -0.4 is 16.4 Å². The van der Waals surface area contributed by atoms with E-state index in [2.05, 4.69) is 0 Å². The summed E-state index contributed by atoms with van der Waals surface area (Å²) in [5.74, 6) is 0.0439. The van der Waals surface area contributed by atoms with Crippen molar-refractivity contribution in [2.45, 2.75) is 25.8 Å². The molecule has 22 heavy (non-hydrogen) atoms. The number of nitrogens with zero attached hydrogens (tertiary/aromatic N) is 1. The second-order valence-corrected chi connectivity index (χ2v) is 6.58. The first-order chi connectivity index (χ1) is 10.3. The van der Waals surface area contributed by atoms with Crippen LogP contribution in [0.25, 0.3) is 0 Å². The van der Waals surface area contributed by atoms with Crippen molar-refractivity contribution in [2.75, 3.05) is 16.4 Å². The van der Waals surface area contributed by atoms with Crippen LogP contribution in [0.4, 0.5) is 17.1 Å². The van der Waals surface area contributed by atoms with E-state index in [0.29, 0.717) is 22.9 Å². The molecule has 4 N–H and O–H groups in total. The third kappa shape index (κ3) is 2.20. The molecule has 1 amide bonds. The molecule has 0 unspecified atom stereocenters. The monoisotopic (exact) mass is 315 g/mol. The van der Waals surface area contributed by atoms with Gasteiger partial charge < -0.3 is 16.4 Å². The number of carbonyl (C=O) groups excluding carboxylic acids is 1. The summed E-state index contributed by atoms with van der Waals surface area (Å²) in [6.45, 7) is 4.30. The van der Waals surface area contributed by atoms with Crippen LogP contribution in [0.2, 0.25) is 5.02 Å². The summed E-state index contributed by atoms with van der Waals surface area (Å²) < 4.78 is 0. The van der Waals surface area contributed by atoms with E-state index in [1.54, 1.807) is 11.0 Å². The fourth-order valence-corrected chi connectivity index (χ4v) is 2.96. The summed E-state index contributed by atoms with van der Waals surface area (Å²) in [6, 6.07) is 11.1. The molecular formula is C17H18ClN3O. The van der Waals surface area contributed by atoms with E-state index in [4.69, 9.17) is 23.1 Å². The van der Waals surface area contributed by atoms with Gasteiger partial charge in [-0.25, -0.2) is 0 Å². The first kappa shape index (κ1) is 14.7. The number of rotatable bonds is 2. The summed E-state index contributed by atoms with van der Waals surface area (Å²) in [5, 5.41) is 0.675. The maximum Gasteiger partial charge on any atom is 0.237 e. The first-order valence-electron chi connectivity index (χ1n) is 7.06. The minimum atomic E-state index is -0.608. The van der Waals surface area contributed by atoms with Gasteiger partial charge in [0.25, 0.3) is 0 Å². The Morgan fingerprint density at radius 1 is 1.09 bits per heavy atom. The molecule has 1 heterocycles. The number of amides is 1. The molecule has 0 saturated carbocycles. The zero-order valence-corrected chi connectivity index (χ0v) is 13.3. The lowest BCUT2D eigenvalue weighted by molar-refractivity contribution is -0.122. The number of benzene rings is 2. The highest BCUT2D eigenvalue weighted by atomic mass is 35.5. The molecule has 2 aromatic carbocycles. The van der Waals surface area contributed by atoms with Gasteiger partial charge in [-0.1, -0.05) is 23.7 Å². The molecule has 0 spiro atoms. The minimum Gasteiger partial charge on any atom is -0.397 e. The van der Waals surface area contributed by atoms with Crippen LogP contribution in [0.5, 0.6) is 0 Å². The van der Waals surface area contributed by atoms with Gasteiger partial charge in [0.1, 0.15) is 0 Å². The number of nitrogen functional groups attached to an aromatic ring is 2. The fraction of sp³-hybridized carbons (Fsp3) is 0.235. The summed E-state index contributed by atoms with van der Waals surface area (Å²) >= 11 is 5.91. The summed E-state index contributed by atoms with van der Waals surface area (Å²) in [7, 11) is 0. The van der Waals surface area contributed by atoms with Crippen LogP contribution in [0, 0.1) is 0 Å².